The van der Waals surface area contributed by atoms with Gasteiger partial charge in [0.1, 0.15) is 17.3 Å². The third kappa shape index (κ3) is 3.97. The van der Waals surface area contributed by atoms with Gasteiger partial charge in [0.05, 0.1) is 18.0 Å². The third-order valence-corrected chi connectivity index (χ3v) is 2.53. The Kier molecular flexibility index (Phi) is 4.76. The van der Waals surface area contributed by atoms with Gasteiger partial charge in [-0.1, -0.05) is 0 Å². The Bertz CT molecular complexity index is 668. The Morgan fingerprint density at radius 3 is 2.81 bits per heavy atom. The molecule has 0 atom stereocenters. The largest absolute Gasteiger partial charge is 0.454 e. The fourth-order valence-electron chi connectivity index (χ4n) is 1.53. The number of pyridine rings is 2. The lowest BCUT2D eigenvalue weighted by Gasteiger charge is -2.07. The lowest BCUT2D eigenvalue weighted by molar-refractivity contribution is 0.0965. The van der Waals surface area contributed by atoms with Gasteiger partial charge >= 0.3 is 0 Å². The molecule has 1 N–H and O–H groups in total. The van der Waals surface area contributed by atoms with Crippen LogP contribution in [0.1, 0.15) is 17.3 Å². The maximum absolute atomic E-state index is 12.0. The molecule has 2 aromatic heterocycles. The maximum atomic E-state index is 12.0. The number of aromatic nitrogens is 2. The minimum Gasteiger partial charge on any atom is -0.454 e. The van der Waals surface area contributed by atoms with Crippen LogP contribution in [0.5, 0.6) is 11.5 Å². The molecular weight excluding hydrogens is 268 g/mol. The van der Waals surface area contributed by atoms with E-state index in [1.807, 2.05) is 0 Å². The van der Waals surface area contributed by atoms with Gasteiger partial charge in [-0.05, 0) is 37.9 Å². The minimum absolute atomic E-state index is 0.334. The standard InChI is InChI=1S/C15H14N4O2/c1-3-14(16-2)19-15(20)11-7-13(10-18-8-11)21-12-5-4-6-17-9-12/h3-10H,2H2,1H3,(H,19,20)/b14-3+. The number of ether oxygens (including phenoxy) is 1. The second-order valence-corrected chi connectivity index (χ2v) is 3.99. The summed E-state index contributed by atoms with van der Waals surface area (Å²) in [4.78, 5) is 23.6. The SMILES string of the molecule is C=N/C(=C\C)NC(=O)c1cncc(Oc2cccnc2)c1. The normalized spacial score (nSPS) is 10.8. The molecule has 0 spiro atoms. The molecule has 21 heavy (non-hydrogen) atoms. The first kappa shape index (κ1) is 14.4. The first-order chi connectivity index (χ1) is 10.2. The summed E-state index contributed by atoms with van der Waals surface area (Å²) in [7, 11) is 0. The molecule has 0 aliphatic carbocycles. The topological polar surface area (TPSA) is 76.5 Å². The molecule has 0 saturated heterocycles. The zero-order valence-corrected chi connectivity index (χ0v) is 11.5. The lowest BCUT2D eigenvalue weighted by Crippen LogP contribution is -2.21. The second-order valence-electron chi connectivity index (χ2n) is 3.99. The van der Waals surface area contributed by atoms with Crippen LogP contribution in [0.2, 0.25) is 0 Å². The summed E-state index contributed by atoms with van der Waals surface area (Å²) in [6.45, 7) is 5.13. The van der Waals surface area contributed by atoms with Gasteiger partial charge in [0, 0.05) is 12.4 Å². The van der Waals surface area contributed by atoms with Crippen molar-refractivity contribution in [3.8, 4) is 11.5 Å². The summed E-state index contributed by atoms with van der Waals surface area (Å²) in [5.74, 6) is 1.07. The van der Waals surface area contributed by atoms with E-state index in [0.29, 0.717) is 22.9 Å². The van der Waals surface area contributed by atoms with E-state index in [1.54, 1.807) is 43.6 Å². The van der Waals surface area contributed by atoms with E-state index < -0.39 is 0 Å². The van der Waals surface area contributed by atoms with Crippen molar-refractivity contribution in [2.45, 2.75) is 6.92 Å². The summed E-state index contributed by atoms with van der Waals surface area (Å²) >= 11 is 0. The van der Waals surface area contributed by atoms with E-state index in [1.165, 1.54) is 12.4 Å². The van der Waals surface area contributed by atoms with Crippen LogP contribution in [0.15, 0.2) is 59.9 Å². The van der Waals surface area contributed by atoms with Crippen LogP contribution in [-0.4, -0.2) is 22.6 Å². The van der Waals surface area contributed by atoms with E-state index in [0.717, 1.165) is 0 Å². The van der Waals surface area contributed by atoms with Crippen molar-refractivity contribution in [2.24, 2.45) is 4.99 Å². The minimum atomic E-state index is -0.334. The highest BCUT2D eigenvalue weighted by molar-refractivity contribution is 5.95. The summed E-state index contributed by atoms with van der Waals surface area (Å²) in [6, 6.07) is 5.11. The van der Waals surface area contributed by atoms with E-state index in [2.05, 4.69) is 27.0 Å². The Hall–Kier alpha value is -3.02. The van der Waals surface area contributed by atoms with Gasteiger partial charge in [0.15, 0.2) is 0 Å². The fraction of sp³-hybridized carbons (Fsp3) is 0.0667. The Labute approximate surface area is 122 Å². The predicted octanol–water partition coefficient (Wildman–Crippen LogP) is 2.56. The molecule has 0 aliphatic heterocycles. The molecular formula is C15H14N4O2. The van der Waals surface area contributed by atoms with Gasteiger partial charge in [0.2, 0.25) is 0 Å². The van der Waals surface area contributed by atoms with Crippen LogP contribution in [0.3, 0.4) is 0 Å². The van der Waals surface area contributed by atoms with E-state index >= 15 is 0 Å². The number of carbonyl (C=O) groups is 1. The van der Waals surface area contributed by atoms with Crippen LogP contribution in [0.25, 0.3) is 0 Å². The van der Waals surface area contributed by atoms with Crippen LogP contribution in [0.4, 0.5) is 0 Å². The number of hydrogen-bond acceptors (Lipinski definition) is 5. The van der Waals surface area contributed by atoms with Gasteiger partial charge in [-0.25, -0.2) is 4.99 Å². The lowest BCUT2D eigenvalue weighted by atomic mass is 10.2. The highest BCUT2D eigenvalue weighted by Crippen LogP contribution is 2.20. The van der Waals surface area contributed by atoms with Gasteiger partial charge in [-0.3, -0.25) is 14.8 Å². The first-order valence-electron chi connectivity index (χ1n) is 6.20. The molecule has 0 radical (unpaired) electrons. The Morgan fingerprint density at radius 1 is 1.33 bits per heavy atom. The van der Waals surface area contributed by atoms with Crippen molar-refractivity contribution in [3.05, 3.63) is 60.4 Å². The molecule has 0 saturated carbocycles. The monoisotopic (exact) mass is 282 g/mol. The molecule has 6 heteroatoms. The van der Waals surface area contributed by atoms with Crippen molar-refractivity contribution in [1.29, 1.82) is 0 Å². The smallest absolute Gasteiger partial charge is 0.258 e. The summed E-state index contributed by atoms with van der Waals surface area (Å²) in [6.07, 6.45) is 7.84. The summed E-state index contributed by atoms with van der Waals surface area (Å²) < 4.78 is 5.57. The number of aliphatic imine (C=N–C) groups is 1. The van der Waals surface area contributed by atoms with Crippen molar-refractivity contribution in [2.75, 3.05) is 0 Å². The molecule has 2 aromatic rings. The number of nitrogens with one attached hydrogen (secondary N) is 1. The van der Waals surface area contributed by atoms with Gasteiger partial charge in [0.25, 0.3) is 5.91 Å². The quantitative estimate of drug-likeness (QED) is 0.855. The molecule has 0 aliphatic rings. The molecule has 0 bridgehead atoms. The van der Waals surface area contributed by atoms with E-state index in [-0.39, 0.29) is 5.91 Å². The molecule has 1 amide bonds. The molecule has 106 valence electrons. The molecule has 0 fully saturated rings. The van der Waals surface area contributed by atoms with Gasteiger partial charge in [-0.2, -0.15) is 0 Å². The number of carbonyl (C=O) groups excluding carboxylic acids is 1. The van der Waals surface area contributed by atoms with Crippen molar-refractivity contribution < 1.29 is 9.53 Å². The zero-order valence-electron chi connectivity index (χ0n) is 11.5. The summed E-state index contributed by atoms with van der Waals surface area (Å²) in [5.41, 5.74) is 0.361. The second kappa shape index (κ2) is 6.95. The number of amides is 1. The third-order valence-electron chi connectivity index (χ3n) is 2.53. The highest BCUT2D eigenvalue weighted by atomic mass is 16.5. The zero-order chi connectivity index (χ0) is 15.1. The van der Waals surface area contributed by atoms with Crippen molar-refractivity contribution >= 4 is 12.6 Å². The number of nitrogens with zero attached hydrogens (tertiary/aromatic N) is 3. The van der Waals surface area contributed by atoms with Crippen molar-refractivity contribution in [1.82, 2.24) is 15.3 Å². The maximum Gasteiger partial charge on any atom is 0.258 e. The van der Waals surface area contributed by atoms with E-state index in [9.17, 15) is 4.79 Å². The van der Waals surface area contributed by atoms with Crippen LogP contribution >= 0.6 is 0 Å². The highest BCUT2D eigenvalue weighted by Gasteiger charge is 2.09. The molecule has 2 heterocycles. The molecule has 0 unspecified atom stereocenters. The molecule has 0 aromatic carbocycles. The van der Waals surface area contributed by atoms with Gasteiger partial charge < -0.3 is 10.1 Å². The van der Waals surface area contributed by atoms with Gasteiger partial charge in [-0.15, -0.1) is 0 Å². The first-order valence-corrected chi connectivity index (χ1v) is 6.20. The van der Waals surface area contributed by atoms with Crippen LogP contribution in [-0.2, 0) is 0 Å². The summed E-state index contributed by atoms with van der Waals surface area (Å²) in [5, 5.41) is 2.61. The Balaban J connectivity index is 2.14. The van der Waals surface area contributed by atoms with Crippen molar-refractivity contribution in [3.63, 3.8) is 0 Å². The van der Waals surface area contributed by atoms with Crippen LogP contribution in [0, 0.1) is 0 Å². The Morgan fingerprint density at radius 2 is 2.14 bits per heavy atom. The number of allylic oxidation sites excluding steroid dienone is 1. The number of rotatable bonds is 5. The van der Waals surface area contributed by atoms with Crippen LogP contribution < -0.4 is 10.1 Å². The van der Waals surface area contributed by atoms with E-state index in [4.69, 9.17) is 4.74 Å². The molecule has 6 nitrogen and oxygen atoms in total. The average molecular weight is 282 g/mol. The molecule has 2 rings (SSSR count). The average Bonchev–Trinajstić information content (AvgIpc) is 2.53. The number of hydrogen-bond donors (Lipinski definition) is 1. The predicted molar refractivity (Wildman–Crippen MR) is 79.3 cm³/mol. The fourth-order valence-corrected chi connectivity index (χ4v) is 1.53.